The van der Waals surface area contributed by atoms with Crippen molar-refractivity contribution in [2.75, 3.05) is 0 Å². The Labute approximate surface area is 177 Å². The van der Waals surface area contributed by atoms with Crippen LogP contribution in [-0.4, -0.2) is 38.0 Å². The van der Waals surface area contributed by atoms with Gasteiger partial charge >= 0.3 is 11.9 Å². The first-order valence-corrected chi connectivity index (χ1v) is 9.36. The smallest absolute Gasteiger partial charge is 0.335 e. The Balaban J connectivity index is 1.57. The van der Waals surface area contributed by atoms with E-state index in [1.54, 1.807) is 16.8 Å². The van der Waals surface area contributed by atoms with Crippen molar-refractivity contribution >= 4 is 18.1 Å². The summed E-state index contributed by atoms with van der Waals surface area (Å²) in [5, 5.41) is 17.2. The van der Waals surface area contributed by atoms with Crippen LogP contribution in [0.2, 0.25) is 0 Å². The maximum Gasteiger partial charge on any atom is 0.335 e. The van der Waals surface area contributed by atoms with Gasteiger partial charge in [0.1, 0.15) is 0 Å². The number of nitrogens with one attached hydrogen (secondary N) is 1. The van der Waals surface area contributed by atoms with Crippen molar-refractivity contribution in [1.29, 1.82) is 0 Å². The minimum atomic E-state index is -1.01. The van der Waals surface area contributed by atoms with E-state index >= 15 is 0 Å². The minimum Gasteiger partial charge on any atom is -0.478 e. The average molecular weight is 411 g/mol. The van der Waals surface area contributed by atoms with Crippen LogP contribution in [0.4, 0.5) is 0 Å². The second-order valence-electron chi connectivity index (χ2n) is 6.50. The zero-order valence-corrected chi connectivity index (χ0v) is 16.2. The summed E-state index contributed by atoms with van der Waals surface area (Å²) >= 11 is 0. The molecule has 152 valence electrons. The number of aromatic carboxylic acids is 1. The number of hydrogen-bond acceptors (Lipinski definition) is 5. The van der Waals surface area contributed by atoms with Gasteiger partial charge in [-0.25, -0.2) is 19.9 Å². The maximum absolute atomic E-state index is 12.6. The number of amides is 1. The van der Waals surface area contributed by atoms with Crippen molar-refractivity contribution in [3.8, 4) is 17.1 Å². The van der Waals surface area contributed by atoms with E-state index in [9.17, 15) is 9.59 Å². The first-order chi connectivity index (χ1) is 15.1. The molecule has 0 aliphatic carbocycles. The van der Waals surface area contributed by atoms with Crippen LogP contribution in [0.1, 0.15) is 26.5 Å². The van der Waals surface area contributed by atoms with Crippen molar-refractivity contribution in [2.24, 2.45) is 5.10 Å². The Kier molecular flexibility index (Phi) is 5.62. The molecule has 0 spiro atoms. The summed E-state index contributed by atoms with van der Waals surface area (Å²) in [6.45, 7) is 0. The van der Waals surface area contributed by atoms with E-state index in [1.807, 2.05) is 60.7 Å². The molecule has 1 heterocycles. The van der Waals surface area contributed by atoms with Gasteiger partial charge in [-0.15, -0.1) is 5.10 Å². The molecule has 31 heavy (non-hydrogen) atoms. The lowest BCUT2D eigenvalue weighted by atomic mass is 10.1. The topological polar surface area (TPSA) is 109 Å². The van der Waals surface area contributed by atoms with Crippen LogP contribution in [0, 0.1) is 0 Å². The van der Waals surface area contributed by atoms with Crippen molar-refractivity contribution in [3.63, 3.8) is 0 Å². The molecule has 0 atom stereocenters. The third-order valence-corrected chi connectivity index (χ3v) is 4.38. The highest BCUT2D eigenvalue weighted by atomic mass is 16.4. The van der Waals surface area contributed by atoms with E-state index < -0.39 is 11.9 Å². The highest BCUT2D eigenvalue weighted by molar-refractivity contribution is 5.92. The molecule has 4 aromatic rings. The standard InChI is InChI=1S/C23H17N5O3/c29-22(26-24-15-16-11-13-18(14-12-16)23(30)31)20-25-21(17-7-3-1-4-8-17)28(27-20)19-9-5-2-6-10-19/h1-15H,(H,26,29)(H,30,31)/b24-15+. The largest absolute Gasteiger partial charge is 0.478 e. The number of aromatic nitrogens is 3. The predicted molar refractivity (Wildman–Crippen MR) is 115 cm³/mol. The highest BCUT2D eigenvalue weighted by Gasteiger charge is 2.18. The van der Waals surface area contributed by atoms with E-state index in [2.05, 4.69) is 20.6 Å². The third kappa shape index (κ3) is 4.54. The SMILES string of the molecule is O=C(O)c1ccc(/C=N/NC(=O)c2nc(-c3ccccc3)n(-c3ccccc3)n2)cc1. The van der Waals surface area contributed by atoms with Gasteiger partial charge in [0, 0.05) is 5.56 Å². The summed E-state index contributed by atoms with van der Waals surface area (Å²) in [6, 6.07) is 25.0. The fourth-order valence-electron chi connectivity index (χ4n) is 2.86. The maximum atomic E-state index is 12.6. The van der Waals surface area contributed by atoms with E-state index in [0.29, 0.717) is 11.4 Å². The summed E-state index contributed by atoms with van der Waals surface area (Å²) in [7, 11) is 0. The number of carboxylic acid groups (broad SMARTS) is 1. The van der Waals surface area contributed by atoms with Crippen LogP contribution >= 0.6 is 0 Å². The van der Waals surface area contributed by atoms with Crippen LogP contribution in [0.3, 0.4) is 0 Å². The lowest BCUT2D eigenvalue weighted by Crippen LogP contribution is -2.19. The number of para-hydroxylation sites is 1. The molecule has 8 heteroatoms. The zero-order valence-electron chi connectivity index (χ0n) is 16.2. The molecule has 0 bridgehead atoms. The third-order valence-electron chi connectivity index (χ3n) is 4.38. The van der Waals surface area contributed by atoms with Crippen LogP contribution in [0.25, 0.3) is 17.1 Å². The molecule has 0 aliphatic rings. The monoisotopic (exact) mass is 411 g/mol. The average Bonchev–Trinajstić information content (AvgIpc) is 3.26. The molecule has 0 saturated heterocycles. The van der Waals surface area contributed by atoms with Gasteiger partial charge < -0.3 is 5.11 Å². The minimum absolute atomic E-state index is 0.0268. The summed E-state index contributed by atoms with van der Waals surface area (Å²) in [6.07, 6.45) is 1.41. The Hall–Kier alpha value is -4.59. The number of carbonyl (C=O) groups is 2. The van der Waals surface area contributed by atoms with Gasteiger partial charge in [0.25, 0.3) is 0 Å². The lowest BCUT2D eigenvalue weighted by Gasteiger charge is -2.05. The molecule has 2 N–H and O–H groups in total. The molecule has 0 aliphatic heterocycles. The molecule has 0 fully saturated rings. The van der Waals surface area contributed by atoms with E-state index in [1.165, 1.54) is 18.3 Å². The first kappa shape index (κ1) is 19.7. The second kappa shape index (κ2) is 8.83. The number of carboxylic acids is 1. The number of hydrogen-bond donors (Lipinski definition) is 2. The normalized spacial score (nSPS) is 10.8. The summed E-state index contributed by atoms with van der Waals surface area (Å²) in [5.41, 5.74) is 4.81. The molecule has 1 aromatic heterocycles. The molecule has 0 radical (unpaired) electrons. The Morgan fingerprint density at radius 2 is 1.55 bits per heavy atom. The second-order valence-corrected chi connectivity index (χ2v) is 6.50. The number of benzene rings is 3. The molecule has 3 aromatic carbocycles. The summed E-state index contributed by atoms with van der Waals surface area (Å²) < 4.78 is 1.61. The van der Waals surface area contributed by atoms with Gasteiger partial charge in [0.05, 0.1) is 17.5 Å². The molecule has 1 amide bonds. The summed E-state index contributed by atoms with van der Waals surface area (Å²) in [5.74, 6) is -1.07. The fourth-order valence-corrected chi connectivity index (χ4v) is 2.86. The molecule has 8 nitrogen and oxygen atoms in total. The van der Waals surface area contributed by atoms with Gasteiger partial charge in [-0.05, 0) is 29.8 Å². The lowest BCUT2D eigenvalue weighted by molar-refractivity contribution is 0.0696. The van der Waals surface area contributed by atoms with Crippen molar-refractivity contribution in [1.82, 2.24) is 20.2 Å². The number of hydrazone groups is 1. The van der Waals surface area contributed by atoms with Crippen LogP contribution in [-0.2, 0) is 0 Å². The van der Waals surface area contributed by atoms with Crippen LogP contribution < -0.4 is 5.43 Å². The quantitative estimate of drug-likeness (QED) is 0.373. The van der Waals surface area contributed by atoms with E-state index in [-0.39, 0.29) is 11.4 Å². The number of nitrogens with zero attached hydrogens (tertiary/aromatic N) is 4. The van der Waals surface area contributed by atoms with Crippen LogP contribution in [0.15, 0.2) is 90.0 Å². The van der Waals surface area contributed by atoms with E-state index in [0.717, 1.165) is 11.3 Å². The molecule has 4 rings (SSSR count). The van der Waals surface area contributed by atoms with Gasteiger partial charge in [-0.1, -0.05) is 60.7 Å². The van der Waals surface area contributed by atoms with E-state index in [4.69, 9.17) is 5.11 Å². The Morgan fingerprint density at radius 3 is 2.19 bits per heavy atom. The van der Waals surface area contributed by atoms with Crippen LogP contribution in [0.5, 0.6) is 0 Å². The Morgan fingerprint density at radius 1 is 0.903 bits per heavy atom. The van der Waals surface area contributed by atoms with Crippen molar-refractivity contribution in [2.45, 2.75) is 0 Å². The molecular formula is C23H17N5O3. The summed E-state index contributed by atoms with van der Waals surface area (Å²) in [4.78, 5) is 27.9. The Bertz CT molecular complexity index is 1180. The number of carbonyl (C=O) groups excluding carboxylic acids is 1. The molecule has 0 saturated carbocycles. The van der Waals surface area contributed by atoms with Gasteiger partial charge in [0.2, 0.25) is 5.82 Å². The molecule has 0 unspecified atom stereocenters. The van der Waals surface area contributed by atoms with Gasteiger partial charge in [-0.2, -0.15) is 5.10 Å². The zero-order chi connectivity index (χ0) is 21.6. The molecular weight excluding hydrogens is 394 g/mol. The van der Waals surface area contributed by atoms with Crippen molar-refractivity contribution < 1.29 is 14.7 Å². The first-order valence-electron chi connectivity index (χ1n) is 9.36. The van der Waals surface area contributed by atoms with Gasteiger partial charge in [-0.3, -0.25) is 4.79 Å². The predicted octanol–water partition coefficient (Wildman–Crippen LogP) is 3.40. The fraction of sp³-hybridized carbons (Fsp3) is 0. The highest BCUT2D eigenvalue weighted by Crippen LogP contribution is 2.20. The van der Waals surface area contributed by atoms with Gasteiger partial charge in [0.15, 0.2) is 5.82 Å². The van der Waals surface area contributed by atoms with Crippen molar-refractivity contribution in [3.05, 3.63) is 102 Å². The number of rotatable bonds is 6.